The molecule has 0 saturated heterocycles. The number of nitrogens with one attached hydrogen (secondary N) is 1. The van der Waals surface area contributed by atoms with Gasteiger partial charge < -0.3 is 10.5 Å². The van der Waals surface area contributed by atoms with Crippen LogP contribution in [0.15, 0.2) is 29.3 Å². The summed E-state index contributed by atoms with van der Waals surface area (Å²) >= 11 is 0. The van der Waals surface area contributed by atoms with Gasteiger partial charge in [0.1, 0.15) is 5.75 Å². The molecular weight excluding hydrogens is 218 g/mol. The molecule has 1 unspecified atom stereocenters. The molecule has 0 aliphatic carbocycles. The van der Waals surface area contributed by atoms with Gasteiger partial charge in [-0.05, 0) is 31.5 Å². The van der Waals surface area contributed by atoms with Crippen molar-refractivity contribution in [1.82, 2.24) is 5.32 Å². The summed E-state index contributed by atoms with van der Waals surface area (Å²) in [6.45, 7) is 3.90. The average molecular weight is 233 g/mol. The lowest BCUT2D eigenvalue weighted by atomic mass is 10.1. The molecule has 3 N–H and O–H groups in total. The maximum Gasteiger partial charge on any atom is 0.256 e. The van der Waals surface area contributed by atoms with Crippen molar-refractivity contribution in [2.75, 3.05) is 0 Å². The molecule has 0 spiro atoms. The third-order valence-corrected chi connectivity index (χ3v) is 2.31. The highest BCUT2D eigenvalue weighted by Crippen LogP contribution is 2.24. The van der Waals surface area contributed by atoms with Crippen LogP contribution < -0.4 is 15.8 Å². The Morgan fingerprint density at radius 2 is 2.24 bits per heavy atom. The van der Waals surface area contributed by atoms with Crippen LogP contribution >= 0.6 is 0 Å². The van der Waals surface area contributed by atoms with Crippen LogP contribution in [0.5, 0.6) is 5.75 Å². The standard InChI is InChI=1S/C12H15N3O2/c1-7(2)17-9-5-3-4-8(6-9)10-11(16)15-12(13)14-10/h3-7,10H,1-2H3,(H3,13,14,15,16). The van der Waals surface area contributed by atoms with Gasteiger partial charge in [0, 0.05) is 0 Å². The van der Waals surface area contributed by atoms with Gasteiger partial charge in [-0.2, -0.15) is 0 Å². The number of carbonyl (C=O) groups excluding carboxylic acids is 1. The summed E-state index contributed by atoms with van der Waals surface area (Å²) < 4.78 is 5.57. The molecule has 5 heteroatoms. The Morgan fingerprint density at radius 1 is 1.47 bits per heavy atom. The number of hydrogen-bond acceptors (Lipinski definition) is 4. The maximum absolute atomic E-state index is 11.6. The Balaban J connectivity index is 2.24. The van der Waals surface area contributed by atoms with Crippen LogP contribution in [0.2, 0.25) is 0 Å². The van der Waals surface area contributed by atoms with Gasteiger partial charge in [-0.3, -0.25) is 10.1 Å². The predicted molar refractivity (Wildman–Crippen MR) is 64.7 cm³/mol. The molecule has 2 rings (SSSR count). The van der Waals surface area contributed by atoms with E-state index in [9.17, 15) is 4.79 Å². The lowest BCUT2D eigenvalue weighted by Crippen LogP contribution is -2.31. The van der Waals surface area contributed by atoms with Crippen LogP contribution in [0.3, 0.4) is 0 Å². The number of carbonyl (C=O) groups is 1. The Labute approximate surface area is 99.7 Å². The molecular formula is C12H15N3O2. The first-order valence-electron chi connectivity index (χ1n) is 5.47. The molecule has 1 amide bonds. The molecule has 0 saturated carbocycles. The molecule has 1 heterocycles. The third kappa shape index (κ3) is 2.55. The second kappa shape index (κ2) is 4.45. The van der Waals surface area contributed by atoms with Crippen molar-refractivity contribution in [1.29, 1.82) is 0 Å². The number of amides is 1. The van der Waals surface area contributed by atoms with E-state index in [1.807, 2.05) is 38.1 Å². The smallest absolute Gasteiger partial charge is 0.256 e. The fourth-order valence-electron chi connectivity index (χ4n) is 1.68. The summed E-state index contributed by atoms with van der Waals surface area (Å²) in [7, 11) is 0. The second-order valence-electron chi connectivity index (χ2n) is 4.15. The van der Waals surface area contributed by atoms with Crippen LogP contribution in [-0.2, 0) is 4.79 Å². The molecule has 0 fully saturated rings. The van der Waals surface area contributed by atoms with Crippen molar-refractivity contribution >= 4 is 11.9 Å². The molecule has 1 aromatic rings. The van der Waals surface area contributed by atoms with Crippen molar-refractivity contribution in [3.05, 3.63) is 29.8 Å². The van der Waals surface area contributed by atoms with Gasteiger partial charge in [0.2, 0.25) is 0 Å². The monoisotopic (exact) mass is 233 g/mol. The zero-order chi connectivity index (χ0) is 12.4. The summed E-state index contributed by atoms with van der Waals surface area (Å²) in [5, 5.41) is 2.47. The molecule has 1 atom stereocenters. The second-order valence-corrected chi connectivity index (χ2v) is 4.15. The predicted octanol–water partition coefficient (Wildman–Crippen LogP) is 0.959. The van der Waals surface area contributed by atoms with Crippen LogP contribution in [-0.4, -0.2) is 18.0 Å². The Kier molecular flexibility index (Phi) is 2.99. The number of hydrogen-bond donors (Lipinski definition) is 2. The summed E-state index contributed by atoms with van der Waals surface area (Å²) in [5.41, 5.74) is 6.24. The average Bonchev–Trinajstić information content (AvgIpc) is 2.57. The van der Waals surface area contributed by atoms with Gasteiger partial charge in [-0.1, -0.05) is 12.1 Å². The Morgan fingerprint density at radius 3 is 2.82 bits per heavy atom. The first-order chi connectivity index (χ1) is 8.06. The minimum absolute atomic E-state index is 0.0937. The zero-order valence-corrected chi connectivity index (χ0v) is 9.81. The number of benzene rings is 1. The molecule has 0 radical (unpaired) electrons. The molecule has 17 heavy (non-hydrogen) atoms. The molecule has 0 bridgehead atoms. The van der Waals surface area contributed by atoms with Crippen molar-refractivity contribution in [2.45, 2.75) is 26.0 Å². The highest BCUT2D eigenvalue weighted by Gasteiger charge is 2.26. The van der Waals surface area contributed by atoms with Crippen LogP contribution in [0.1, 0.15) is 25.5 Å². The lowest BCUT2D eigenvalue weighted by Gasteiger charge is -2.11. The van der Waals surface area contributed by atoms with Gasteiger partial charge in [-0.25, -0.2) is 4.99 Å². The van der Waals surface area contributed by atoms with E-state index >= 15 is 0 Å². The number of nitrogens with zero attached hydrogens (tertiary/aromatic N) is 1. The molecule has 90 valence electrons. The number of ether oxygens (including phenoxy) is 1. The number of rotatable bonds is 3. The van der Waals surface area contributed by atoms with Crippen LogP contribution in [0.25, 0.3) is 0 Å². The van der Waals surface area contributed by atoms with E-state index in [0.717, 1.165) is 11.3 Å². The van der Waals surface area contributed by atoms with Crippen LogP contribution in [0.4, 0.5) is 0 Å². The van der Waals surface area contributed by atoms with E-state index in [-0.39, 0.29) is 18.0 Å². The van der Waals surface area contributed by atoms with Crippen LogP contribution in [0, 0.1) is 0 Å². The zero-order valence-electron chi connectivity index (χ0n) is 9.81. The summed E-state index contributed by atoms with van der Waals surface area (Å²) in [4.78, 5) is 15.6. The number of aliphatic imine (C=N–C) groups is 1. The Hall–Kier alpha value is -2.04. The van der Waals surface area contributed by atoms with Gasteiger partial charge in [0.05, 0.1) is 6.10 Å². The summed E-state index contributed by atoms with van der Waals surface area (Å²) in [5.74, 6) is 0.686. The topological polar surface area (TPSA) is 76.7 Å². The van der Waals surface area contributed by atoms with E-state index in [1.165, 1.54) is 0 Å². The third-order valence-electron chi connectivity index (χ3n) is 2.31. The summed E-state index contributed by atoms with van der Waals surface area (Å²) in [6.07, 6.45) is 0.0937. The normalized spacial score (nSPS) is 19.1. The molecule has 1 aliphatic heterocycles. The van der Waals surface area contributed by atoms with E-state index in [0.29, 0.717) is 0 Å². The van der Waals surface area contributed by atoms with Crippen molar-refractivity contribution in [2.24, 2.45) is 10.7 Å². The highest BCUT2D eigenvalue weighted by atomic mass is 16.5. The first-order valence-corrected chi connectivity index (χ1v) is 5.47. The van der Waals surface area contributed by atoms with E-state index in [2.05, 4.69) is 10.3 Å². The summed E-state index contributed by atoms with van der Waals surface area (Å²) in [6, 6.07) is 6.77. The molecule has 1 aliphatic rings. The highest BCUT2D eigenvalue weighted by molar-refractivity contribution is 6.04. The molecule has 0 aromatic heterocycles. The van der Waals surface area contributed by atoms with Crippen molar-refractivity contribution in [3.8, 4) is 5.75 Å². The van der Waals surface area contributed by atoms with Gasteiger partial charge >= 0.3 is 0 Å². The van der Waals surface area contributed by atoms with Crippen molar-refractivity contribution < 1.29 is 9.53 Å². The SMILES string of the molecule is CC(C)Oc1cccc(C2N=C(N)NC2=O)c1. The number of nitrogens with two attached hydrogens (primary N) is 1. The van der Waals surface area contributed by atoms with E-state index < -0.39 is 6.04 Å². The minimum atomic E-state index is -0.564. The quantitative estimate of drug-likeness (QED) is 0.816. The largest absolute Gasteiger partial charge is 0.491 e. The molecule has 5 nitrogen and oxygen atoms in total. The minimum Gasteiger partial charge on any atom is -0.491 e. The fourth-order valence-corrected chi connectivity index (χ4v) is 1.68. The lowest BCUT2D eigenvalue weighted by molar-refractivity contribution is -0.120. The van der Waals surface area contributed by atoms with Gasteiger partial charge in [-0.15, -0.1) is 0 Å². The Bertz CT molecular complexity index is 469. The van der Waals surface area contributed by atoms with Gasteiger partial charge in [0.25, 0.3) is 5.91 Å². The first kappa shape index (κ1) is 11.4. The van der Waals surface area contributed by atoms with E-state index in [4.69, 9.17) is 10.5 Å². The maximum atomic E-state index is 11.6. The van der Waals surface area contributed by atoms with Crippen molar-refractivity contribution in [3.63, 3.8) is 0 Å². The fraction of sp³-hybridized carbons (Fsp3) is 0.333. The molecule has 1 aromatic carbocycles. The number of guanidine groups is 1. The van der Waals surface area contributed by atoms with E-state index in [1.54, 1.807) is 0 Å². The van der Waals surface area contributed by atoms with Gasteiger partial charge in [0.15, 0.2) is 12.0 Å².